The number of anilines is 1. The van der Waals surface area contributed by atoms with E-state index in [2.05, 4.69) is 44.5 Å². The summed E-state index contributed by atoms with van der Waals surface area (Å²) in [6.45, 7) is 6.83. The standard InChI is InChI=1S/C22H22N4OS2/c1-4-26-21(17-12-28-19-8-6-5-7-16(17)19)24-25-22(26)29-13-20(27)23-18-11-14(2)9-10-15(18)3/h5-12H,4,13H2,1-3H3,(H,23,27). The van der Waals surface area contributed by atoms with E-state index in [1.807, 2.05) is 44.2 Å². The van der Waals surface area contributed by atoms with E-state index >= 15 is 0 Å². The molecule has 0 aliphatic carbocycles. The predicted octanol–water partition coefficient (Wildman–Crippen LogP) is 5.53. The molecule has 1 N–H and O–H groups in total. The van der Waals surface area contributed by atoms with Crippen molar-refractivity contribution in [2.75, 3.05) is 11.1 Å². The summed E-state index contributed by atoms with van der Waals surface area (Å²) >= 11 is 3.12. The smallest absolute Gasteiger partial charge is 0.234 e. The van der Waals surface area contributed by atoms with Crippen LogP contribution in [-0.4, -0.2) is 26.4 Å². The molecule has 0 spiro atoms. The molecule has 29 heavy (non-hydrogen) atoms. The molecule has 0 unspecified atom stereocenters. The minimum atomic E-state index is -0.0445. The Labute approximate surface area is 178 Å². The average molecular weight is 423 g/mol. The number of thiophene rings is 1. The first kappa shape index (κ1) is 19.7. The van der Waals surface area contributed by atoms with Gasteiger partial charge in [-0.3, -0.25) is 4.79 Å². The molecule has 0 bridgehead atoms. The minimum absolute atomic E-state index is 0.0445. The predicted molar refractivity (Wildman–Crippen MR) is 122 cm³/mol. The van der Waals surface area contributed by atoms with Gasteiger partial charge in [0.05, 0.1) is 5.75 Å². The number of fused-ring (bicyclic) bond motifs is 1. The topological polar surface area (TPSA) is 59.8 Å². The van der Waals surface area contributed by atoms with Crippen LogP contribution in [-0.2, 0) is 11.3 Å². The first-order valence-electron chi connectivity index (χ1n) is 9.46. The van der Waals surface area contributed by atoms with Gasteiger partial charge in [-0.15, -0.1) is 21.5 Å². The highest BCUT2D eigenvalue weighted by Gasteiger charge is 2.17. The molecule has 7 heteroatoms. The Morgan fingerprint density at radius 2 is 2.00 bits per heavy atom. The molecule has 0 radical (unpaired) electrons. The molecule has 5 nitrogen and oxygen atoms in total. The zero-order valence-corrected chi connectivity index (χ0v) is 18.2. The van der Waals surface area contributed by atoms with E-state index < -0.39 is 0 Å². The third-order valence-electron chi connectivity index (χ3n) is 4.75. The SMILES string of the molecule is CCn1c(SCC(=O)Nc2cc(C)ccc2C)nnc1-c1csc2ccccc12. The molecular formula is C22H22N4OS2. The van der Waals surface area contributed by atoms with Gasteiger partial charge in [-0.25, -0.2) is 0 Å². The quantitative estimate of drug-likeness (QED) is 0.415. The van der Waals surface area contributed by atoms with Gasteiger partial charge in [-0.2, -0.15) is 0 Å². The molecule has 0 atom stereocenters. The number of carbonyl (C=O) groups is 1. The lowest BCUT2D eigenvalue weighted by atomic mass is 10.1. The summed E-state index contributed by atoms with van der Waals surface area (Å²) < 4.78 is 3.31. The van der Waals surface area contributed by atoms with Crippen LogP contribution in [0.25, 0.3) is 21.5 Å². The van der Waals surface area contributed by atoms with Crippen molar-refractivity contribution >= 4 is 44.8 Å². The zero-order valence-electron chi connectivity index (χ0n) is 16.6. The van der Waals surface area contributed by atoms with Gasteiger partial charge >= 0.3 is 0 Å². The van der Waals surface area contributed by atoms with Gasteiger partial charge in [-0.1, -0.05) is 42.1 Å². The Morgan fingerprint density at radius 3 is 2.83 bits per heavy atom. The number of hydrogen-bond acceptors (Lipinski definition) is 5. The summed E-state index contributed by atoms with van der Waals surface area (Å²) in [4.78, 5) is 12.5. The maximum atomic E-state index is 12.5. The summed E-state index contributed by atoms with van der Waals surface area (Å²) in [7, 11) is 0. The fourth-order valence-corrected chi connectivity index (χ4v) is 4.96. The number of rotatable bonds is 6. The van der Waals surface area contributed by atoms with Crippen LogP contribution in [0.5, 0.6) is 0 Å². The molecule has 1 amide bonds. The summed E-state index contributed by atoms with van der Waals surface area (Å²) in [5.41, 5.74) is 4.12. The lowest BCUT2D eigenvalue weighted by Crippen LogP contribution is -2.15. The van der Waals surface area contributed by atoms with Crippen LogP contribution in [0.2, 0.25) is 0 Å². The molecule has 4 aromatic rings. The maximum Gasteiger partial charge on any atom is 0.234 e. The van der Waals surface area contributed by atoms with Crippen LogP contribution in [0.15, 0.2) is 53.0 Å². The third kappa shape index (κ3) is 4.06. The number of carbonyl (C=O) groups excluding carboxylic acids is 1. The minimum Gasteiger partial charge on any atom is -0.325 e. The molecule has 0 saturated heterocycles. The normalized spacial score (nSPS) is 11.1. The molecule has 4 rings (SSSR count). The highest BCUT2D eigenvalue weighted by atomic mass is 32.2. The number of amides is 1. The van der Waals surface area contributed by atoms with Crippen LogP contribution in [0.3, 0.4) is 0 Å². The number of benzene rings is 2. The van der Waals surface area contributed by atoms with Gasteiger partial charge in [-0.05, 0) is 44.0 Å². The van der Waals surface area contributed by atoms with Gasteiger partial charge in [0, 0.05) is 33.3 Å². The van der Waals surface area contributed by atoms with Crippen molar-refractivity contribution in [1.29, 1.82) is 0 Å². The van der Waals surface area contributed by atoms with Crippen molar-refractivity contribution in [3.8, 4) is 11.4 Å². The second-order valence-electron chi connectivity index (χ2n) is 6.85. The highest BCUT2D eigenvalue weighted by Crippen LogP contribution is 2.34. The highest BCUT2D eigenvalue weighted by molar-refractivity contribution is 7.99. The Hall–Kier alpha value is -2.64. The first-order chi connectivity index (χ1) is 14.1. The van der Waals surface area contributed by atoms with Gasteiger partial charge in [0.25, 0.3) is 0 Å². The molecule has 2 aromatic carbocycles. The van der Waals surface area contributed by atoms with E-state index in [1.54, 1.807) is 11.3 Å². The fourth-order valence-electron chi connectivity index (χ4n) is 3.22. The van der Waals surface area contributed by atoms with E-state index in [4.69, 9.17) is 0 Å². The monoisotopic (exact) mass is 422 g/mol. The second-order valence-corrected chi connectivity index (χ2v) is 8.70. The van der Waals surface area contributed by atoms with Crippen LogP contribution in [0.1, 0.15) is 18.1 Å². The van der Waals surface area contributed by atoms with Crippen molar-refractivity contribution < 1.29 is 4.79 Å². The number of aromatic nitrogens is 3. The lowest BCUT2D eigenvalue weighted by Gasteiger charge is -2.10. The second kappa shape index (κ2) is 8.39. The van der Waals surface area contributed by atoms with Crippen molar-refractivity contribution in [1.82, 2.24) is 14.8 Å². The van der Waals surface area contributed by atoms with Crippen LogP contribution >= 0.6 is 23.1 Å². The number of hydrogen-bond donors (Lipinski definition) is 1. The van der Waals surface area contributed by atoms with E-state index in [1.165, 1.54) is 21.8 Å². The van der Waals surface area contributed by atoms with Crippen molar-refractivity contribution in [3.63, 3.8) is 0 Å². The number of nitrogens with zero attached hydrogens (tertiary/aromatic N) is 3. The van der Waals surface area contributed by atoms with Gasteiger partial charge in [0.2, 0.25) is 5.91 Å². The Bertz CT molecular complexity index is 1180. The third-order valence-corrected chi connectivity index (χ3v) is 6.68. The lowest BCUT2D eigenvalue weighted by molar-refractivity contribution is -0.113. The maximum absolute atomic E-state index is 12.5. The van der Waals surface area contributed by atoms with Crippen molar-refractivity contribution in [2.45, 2.75) is 32.5 Å². The van der Waals surface area contributed by atoms with Crippen LogP contribution < -0.4 is 5.32 Å². The largest absolute Gasteiger partial charge is 0.325 e. The summed E-state index contributed by atoms with van der Waals surface area (Å²) in [5.74, 6) is 1.09. The number of aryl methyl sites for hydroxylation is 2. The Morgan fingerprint density at radius 1 is 1.17 bits per heavy atom. The zero-order chi connectivity index (χ0) is 20.4. The van der Waals surface area contributed by atoms with Crippen molar-refractivity contribution in [3.05, 3.63) is 59.0 Å². The fraction of sp³-hybridized carbons (Fsp3) is 0.227. The van der Waals surface area contributed by atoms with Gasteiger partial charge in [0.1, 0.15) is 0 Å². The molecule has 0 aliphatic heterocycles. The van der Waals surface area contributed by atoms with E-state index in [0.29, 0.717) is 0 Å². The number of nitrogens with one attached hydrogen (secondary N) is 1. The molecule has 0 aliphatic rings. The summed E-state index contributed by atoms with van der Waals surface area (Å²) in [6, 6.07) is 14.4. The molecule has 2 aromatic heterocycles. The van der Waals surface area contributed by atoms with E-state index in [0.717, 1.165) is 39.9 Å². The van der Waals surface area contributed by atoms with Gasteiger partial charge in [0.15, 0.2) is 11.0 Å². The molecule has 2 heterocycles. The molecular weight excluding hydrogens is 400 g/mol. The molecule has 0 saturated carbocycles. The van der Waals surface area contributed by atoms with Gasteiger partial charge < -0.3 is 9.88 Å². The average Bonchev–Trinajstić information content (AvgIpc) is 3.32. The molecule has 0 fully saturated rings. The summed E-state index contributed by atoms with van der Waals surface area (Å²) in [5, 5.41) is 15.9. The van der Waals surface area contributed by atoms with E-state index in [9.17, 15) is 4.79 Å². The van der Waals surface area contributed by atoms with E-state index in [-0.39, 0.29) is 11.7 Å². The van der Waals surface area contributed by atoms with Crippen LogP contribution in [0, 0.1) is 13.8 Å². The summed E-state index contributed by atoms with van der Waals surface area (Å²) in [6.07, 6.45) is 0. The van der Waals surface area contributed by atoms with Crippen molar-refractivity contribution in [2.24, 2.45) is 0 Å². The Balaban J connectivity index is 1.51. The molecule has 148 valence electrons. The Kier molecular flexibility index (Phi) is 5.69. The van der Waals surface area contributed by atoms with Crippen LogP contribution in [0.4, 0.5) is 5.69 Å². The first-order valence-corrected chi connectivity index (χ1v) is 11.3. The number of thioether (sulfide) groups is 1.